The molecular formula is C13H22N2O2S. The zero-order valence-electron chi connectivity index (χ0n) is 11.0. The molecule has 1 saturated heterocycles. The van der Waals surface area contributed by atoms with Gasteiger partial charge in [-0.25, -0.2) is 0 Å². The van der Waals surface area contributed by atoms with Crippen LogP contribution in [0.3, 0.4) is 0 Å². The van der Waals surface area contributed by atoms with Crippen LogP contribution in [-0.2, 0) is 9.53 Å². The summed E-state index contributed by atoms with van der Waals surface area (Å²) in [5, 5.41) is 0. The van der Waals surface area contributed by atoms with Gasteiger partial charge in [-0.3, -0.25) is 4.79 Å². The van der Waals surface area contributed by atoms with Crippen LogP contribution in [0.15, 0.2) is 0 Å². The van der Waals surface area contributed by atoms with Crippen molar-refractivity contribution in [2.24, 2.45) is 17.1 Å². The maximum absolute atomic E-state index is 12.8. The van der Waals surface area contributed by atoms with Gasteiger partial charge in [0, 0.05) is 26.3 Å². The first-order chi connectivity index (χ1) is 8.60. The molecule has 2 fully saturated rings. The van der Waals surface area contributed by atoms with Crippen LogP contribution in [0.1, 0.15) is 32.6 Å². The summed E-state index contributed by atoms with van der Waals surface area (Å²) in [5.41, 5.74) is 5.22. The molecule has 0 bridgehead atoms. The van der Waals surface area contributed by atoms with Crippen molar-refractivity contribution in [3.05, 3.63) is 0 Å². The van der Waals surface area contributed by atoms with Gasteiger partial charge in [-0.15, -0.1) is 0 Å². The number of thiocarbonyl (C=S) groups is 1. The summed E-state index contributed by atoms with van der Waals surface area (Å²) in [5.74, 6) is 0.810. The minimum atomic E-state index is -0.654. The van der Waals surface area contributed by atoms with E-state index in [2.05, 4.69) is 0 Å². The van der Waals surface area contributed by atoms with Gasteiger partial charge in [-0.2, -0.15) is 0 Å². The summed E-state index contributed by atoms with van der Waals surface area (Å²) < 4.78 is 5.35. The Balaban J connectivity index is 2.12. The van der Waals surface area contributed by atoms with Crippen molar-refractivity contribution in [3.63, 3.8) is 0 Å². The summed E-state index contributed by atoms with van der Waals surface area (Å²) >= 11 is 5.17. The molecule has 2 rings (SSSR count). The van der Waals surface area contributed by atoms with Gasteiger partial charge in [0.2, 0.25) is 5.91 Å². The van der Waals surface area contributed by atoms with Crippen LogP contribution in [0.2, 0.25) is 0 Å². The number of carbonyl (C=O) groups is 1. The third-order valence-corrected chi connectivity index (χ3v) is 4.46. The number of rotatable bonds is 5. The molecule has 1 aliphatic carbocycles. The standard InChI is InChI=1S/C13H22N2O2S/c1-2-15(9-10-3-4-10)12(16)13(11(14)18)5-7-17-8-6-13/h10H,2-9H2,1H3,(H2,14,18). The lowest BCUT2D eigenvalue weighted by atomic mass is 9.78. The Morgan fingerprint density at radius 2 is 2.06 bits per heavy atom. The fraction of sp³-hybridized carbons (Fsp3) is 0.846. The number of hydrogen-bond acceptors (Lipinski definition) is 3. The zero-order valence-corrected chi connectivity index (χ0v) is 11.8. The number of nitrogens with two attached hydrogens (primary N) is 1. The van der Waals surface area contributed by atoms with Crippen LogP contribution < -0.4 is 5.73 Å². The molecule has 0 spiro atoms. The fourth-order valence-corrected chi connectivity index (χ4v) is 2.85. The van der Waals surface area contributed by atoms with Crippen molar-refractivity contribution in [2.45, 2.75) is 32.6 Å². The second kappa shape index (κ2) is 5.53. The number of nitrogens with zero attached hydrogens (tertiary/aromatic N) is 1. The highest BCUT2D eigenvalue weighted by atomic mass is 32.1. The highest BCUT2D eigenvalue weighted by Crippen LogP contribution is 2.36. The SMILES string of the molecule is CCN(CC1CC1)C(=O)C1(C(N)=S)CCOCC1. The number of carbonyl (C=O) groups excluding carboxylic acids is 1. The Hall–Kier alpha value is -0.680. The normalized spacial score (nSPS) is 22.5. The molecule has 1 amide bonds. The van der Waals surface area contributed by atoms with Crippen molar-refractivity contribution in [3.8, 4) is 0 Å². The van der Waals surface area contributed by atoms with E-state index < -0.39 is 5.41 Å². The van der Waals surface area contributed by atoms with Crippen LogP contribution >= 0.6 is 12.2 Å². The average Bonchev–Trinajstić information content (AvgIpc) is 3.19. The molecule has 5 heteroatoms. The van der Waals surface area contributed by atoms with Gasteiger partial charge in [0.25, 0.3) is 0 Å². The number of amides is 1. The summed E-state index contributed by atoms with van der Waals surface area (Å²) in [6, 6.07) is 0. The highest BCUT2D eigenvalue weighted by molar-refractivity contribution is 7.80. The smallest absolute Gasteiger partial charge is 0.235 e. The molecule has 2 aliphatic rings. The van der Waals surface area contributed by atoms with Gasteiger partial charge in [-0.1, -0.05) is 12.2 Å². The Morgan fingerprint density at radius 1 is 1.44 bits per heavy atom. The fourth-order valence-electron chi connectivity index (χ4n) is 2.56. The minimum Gasteiger partial charge on any atom is -0.392 e. The Kier molecular flexibility index (Phi) is 4.22. The van der Waals surface area contributed by atoms with Crippen LogP contribution in [-0.4, -0.2) is 42.1 Å². The van der Waals surface area contributed by atoms with Crippen molar-refractivity contribution in [2.75, 3.05) is 26.3 Å². The second-order valence-electron chi connectivity index (χ2n) is 5.35. The molecule has 0 atom stereocenters. The minimum absolute atomic E-state index is 0.118. The van der Waals surface area contributed by atoms with Gasteiger partial charge in [0.15, 0.2) is 0 Å². The molecule has 18 heavy (non-hydrogen) atoms. The summed E-state index contributed by atoms with van der Waals surface area (Å²) in [6.45, 7) is 4.77. The second-order valence-corrected chi connectivity index (χ2v) is 5.79. The third-order valence-electron chi connectivity index (χ3n) is 4.07. The maximum Gasteiger partial charge on any atom is 0.235 e. The summed E-state index contributed by atoms with van der Waals surface area (Å²) in [4.78, 5) is 15.0. The van der Waals surface area contributed by atoms with Gasteiger partial charge >= 0.3 is 0 Å². The zero-order chi connectivity index (χ0) is 13.2. The first kappa shape index (κ1) is 13.7. The van der Waals surface area contributed by atoms with E-state index >= 15 is 0 Å². The van der Waals surface area contributed by atoms with E-state index in [0.29, 0.717) is 37.0 Å². The molecule has 2 N–H and O–H groups in total. The lowest BCUT2D eigenvalue weighted by molar-refractivity contribution is -0.142. The maximum atomic E-state index is 12.8. The molecule has 4 nitrogen and oxygen atoms in total. The Morgan fingerprint density at radius 3 is 2.50 bits per heavy atom. The molecule has 1 heterocycles. The highest BCUT2D eigenvalue weighted by Gasteiger charge is 2.45. The van der Waals surface area contributed by atoms with E-state index in [1.807, 2.05) is 11.8 Å². The molecule has 0 aromatic rings. The summed E-state index contributed by atoms with van der Waals surface area (Å²) in [6.07, 6.45) is 3.74. The van der Waals surface area contributed by atoms with Crippen molar-refractivity contribution >= 4 is 23.1 Å². The number of hydrogen-bond donors (Lipinski definition) is 1. The lowest BCUT2D eigenvalue weighted by Gasteiger charge is -2.38. The first-order valence-electron chi connectivity index (χ1n) is 6.77. The van der Waals surface area contributed by atoms with Crippen LogP contribution in [0.4, 0.5) is 0 Å². The number of ether oxygens (including phenoxy) is 1. The predicted molar refractivity (Wildman–Crippen MR) is 74.2 cm³/mol. The van der Waals surface area contributed by atoms with Crippen LogP contribution in [0.25, 0.3) is 0 Å². The molecule has 102 valence electrons. The largest absolute Gasteiger partial charge is 0.392 e. The molecule has 0 radical (unpaired) electrons. The first-order valence-corrected chi connectivity index (χ1v) is 7.18. The molecule has 0 aromatic carbocycles. The van der Waals surface area contributed by atoms with Crippen LogP contribution in [0, 0.1) is 11.3 Å². The molecule has 0 aromatic heterocycles. The topological polar surface area (TPSA) is 55.6 Å². The van der Waals surface area contributed by atoms with Crippen molar-refractivity contribution in [1.82, 2.24) is 4.90 Å². The van der Waals surface area contributed by atoms with E-state index in [1.54, 1.807) is 0 Å². The van der Waals surface area contributed by atoms with Gasteiger partial charge in [-0.05, 0) is 38.5 Å². The molecule has 1 saturated carbocycles. The van der Waals surface area contributed by atoms with E-state index in [0.717, 1.165) is 13.1 Å². The van der Waals surface area contributed by atoms with Gasteiger partial charge in [0.1, 0.15) is 5.41 Å². The predicted octanol–water partition coefficient (Wildman–Crippen LogP) is 1.33. The third kappa shape index (κ3) is 2.67. The van der Waals surface area contributed by atoms with E-state index in [-0.39, 0.29) is 5.91 Å². The van der Waals surface area contributed by atoms with Gasteiger partial charge in [0.05, 0.1) is 4.99 Å². The molecule has 0 unspecified atom stereocenters. The molecule has 1 aliphatic heterocycles. The average molecular weight is 270 g/mol. The van der Waals surface area contributed by atoms with E-state index in [1.165, 1.54) is 12.8 Å². The van der Waals surface area contributed by atoms with E-state index in [4.69, 9.17) is 22.7 Å². The van der Waals surface area contributed by atoms with Crippen molar-refractivity contribution < 1.29 is 9.53 Å². The van der Waals surface area contributed by atoms with E-state index in [9.17, 15) is 4.79 Å². The Bertz CT molecular complexity index is 336. The molecular weight excluding hydrogens is 248 g/mol. The Labute approximate surface area is 114 Å². The quantitative estimate of drug-likeness (QED) is 0.766. The summed E-state index contributed by atoms with van der Waals surface area (Å²) in [7, 11) is 0. The van der Waals surface area contributed by atoms with Gasteiger partial charge < -0.3 is 15.4 Å². The van der Waals surface area contributed by atoms with Crippen LogP contribution in [0.5, 0.6) is 0 Å². The van der Waals surface area contributed by atoms with Crippen molar-refractivity contribution in [1.29, 1.82) is 0 Å². The lowest BCUT2D eigenvalue weighted by Crippen LogP contribution is -2.53. The monoisotopic (exact) mass is 270 g/mol.